The first-order chi connectivity index (χ1) is 11.1. The Morgan fingerprint density at radius 3 is 2.35 bits per heavy atom. The molecule has 2 aliphatic rings. The lowest BCUT2D eigenvalue weighted by Gasteiger charge is -2.06. The lowest BCUT2D eigenvalue weighted by atomic mass is 10.0. The molecular weight excluding hydrogens is 306 g/mol. The Bertz CT molecular complexity index is 1030. The zero-order valence-electron chi connectivity index (χ0n) is 12.4. The van der Waals surface area contributed by atoms with Gasteiger partial charge in [0.25, 0.3) is 0 Å². The molecule has 0 spiro atoms. The van der Waals surface area contributed by atoms with Gasteiger partial charge in [-0.1, -0.05) is 42.5 Å². The number of hydrogen-bond acceptors (Lipinski definition) is 3. The van der Waals surface area contributed by atoms with E-state index in [-0.39, 0.29) is 5.41 Å². The summed E-state index contributed by atoms with van der Waals surface area (Å²) in [5.41, 5.74) is 0.679. The third-order valence-corrected chi connectivity index (χ3v) is 8.09. The number of aromatic nitrogens is 1. The van der Waals surface area contributed by atoms with Gasteiger partial charge in [0.05, 0.1) is 15.3 Å². The van der Waals surface area contributed by atoms with Gasteiger partial charge in [-0.2, -0.15) is 0 Å². The van der Waals surface area contributed by atoms with Crippen molar-refractivity contribution in [2.45, 2.75) is 27.9 Å². The number of nitrogens with zero attached hydrogens (tertiary/aromatic N) is 1. The Morgan fingerprint density at radius 2 is 1.57 bits per heavy atom. The lowest BCUT2D eigenvalue weighted by Crippen LogP contribution is -2.14. The second kappa shape index (κ2) is 4.01. The number of fused-ring (bicyclic) bond motifs is 2. The van der Waals surface area contributed by atoms with Crippen molar-refractivity contribution in [3.05, 3.63) is 72.6 Å². The number of benzene rings is 2. The third kappa shape index (κ3) is 1.49. The first-order valence-electron chi connectivity index (χ1n) is 7.75. The first-order valence-corrected chi connectivity index (χ1v) is 9.23. The van der Waals surface area contributed by atoms with Crippen molar-refractivity contribution in [2.75, 3.05) is 0 Å². The van der Waals surface area contributed by atoms with Gasteiger partial charge in [0.2, 0.25) is 0 Å². The summed E-state index contributed by atoms with van der Waals surface area (Å²) < 4.78 is 25.5. The van der Waals surface area contributed by atoms with Crippen LogP contribution in [0.1, 0.15) is 18.5 Å². The molecule has 0 aliphatic heterocycles. The maximum Gasteiger partial charge on any atom is 0.185 e. The van der Waals surface area contributed by atoms with Gasteiger partial charge in [-0.3, -0.25) is 4.98 Å². The average molecular weight is 321 g/mol. The van der Waals surface area contributed by atoms with Crippen LogP contribution in [0.2, 0.25) is 0 Å². The predicted molar refractivity (Wildman–Crippen MR) is 89.0 cm³/mol. The van der Waals surface area contributed by atoms with E-state index in [1.54, 1.807) is 30.5 Å². The highest BCUT2D eigenvalue weighted by molar-refractivity contribution is 7.93. The molecule has 3 nitrogen and oxygen atoms in total. The first kappa shape index (κ1) is 13.3. The molecule has 0 atom stereocenters. The molecule has 4 heteroatoms. The Hall–Kier alpha value is -2.20. The van der Waals surface area contributed by atoms with Gasteiger partial charge in [-0.05, 0) is 36.4 Å². The van der Waals surface area contributed by atoms with Crippen molar-refractivity contribution in [3.63, 3.8) is 0 Å². The Balaban J connectivity index is 1.64. The van der Waals surface area contributed by atoms with Crippen LogP contribution in [-0.2, 0) is 15.3 Å². The maximum atomic E-state index is 13.0. The van der Waals surface area contributed by atoms with Crippen molar-refractivity contribution in [3.8, 4) is 0 Å². The zero-order valence-corrected chi connectivity index (χ0v) is 13.3. The van der Waals surface area contributed by atoms with Crippen LogP contribution in [0.4, 0.5) is 0 Å². The molecule has 2 fully saturated rings. The summed E-state index contributed by atoms with van der Waals surface area (Å²) in [6.45, 7) is 0. The molecule has 0 bridgehead atoms. The largest absolute Gasteiger partial charge is 0.260 e. The molecule has 1 aromatic heterocycles. The van der Waals surface area contributed by atoms with E-state index < -0.39 is 14.6 Å². The van der Waals surface area contributed by atoms with Crippen LogP contribution in [0.15, 0.2) is 71.8 Å². The average Bonchev–Trinajstić information content (AvgIpc) is 3.43. The Kier molecular flexibility index (Phi) is 2.31. The molecule has 5 rings (SSSR count). The summed E-state index contributed by atoms with van der Waals surface area (Å²) in [6, 6.07) is 18.9. The molecule has 2 aromatic carbocycles. The minimum absolute atomic E-state index is 0.275. The molecule has 0 amide bonds. The van der Waals surface area contributed by atoms with Crippen LogP contribution in [0.25, 0.3) is 10.8 Å². The summed E-state index contributed by atoms with van der Waals surface area (Å²) in [6.07, 6.45) is 3.18. The van der Waals surface area contributed by atoms with Gasteiger partial charge in [0.1, 0.15) is 0 Å². The topological polar surface area (TPSA) is 47.0 Å². The van der Waals surface area contributed by atoms with Gasteiger partial charge >= 0.3 is 0 Å². The molecule has 23 heavy (non-hydrogen) atoms. The smallest absolute Gasteiger partial charge is 0.185 e. The number of hydrogen-bond donors (Lipinski definition) is 0. The van der Waals surface area contributed by atoms with Crippen LogP contribution < -0.4 is 0 Å². The summed E-state index contributed by atoms with van der Waals surface area (Å²) in [5.74, 6) is 0. The van der Waals surface area contributed by atoms with Crippen LogP contribution in [0, 0.1) is 0 Å². The predicted octanol–water partition coefficient (Wildman–Crippen LogP) is 3.49. The van der Waals surface area contributed by atoms with Gasteiger partial charge < -0.3 is 0 Å². The van der Waals surface area contributed by atoms with Crippen LogP contribution in [-0.4, -0.2) is 18.1 Å². The van der Waals surface area contributed by atoms with E-state index >= 15 is 0 Å². The molecule has 1 heterocycles. The van der Waals surface area contributed by atoms with Crippen LogP contribution in [0.5, 0.6) is 0 Å². The number of rotatable bonds is 3. The molecule has 0 radical (unpaired) electrons. The fraction of sp³-hybridized carbons (Fsp3) is 0.211. The van der Waals surface area contributed by atoms with E-state index in [4.69, 9.17) is 0 Å². The molecule has 0 N–H and O–H groups in total. The fourth-order valence-corrected chi connectivity index (χ4v) is 6.44. The van der Waals surface area contributed by atoms with Gasteiger partial charge in [-0.25, -0.2) is 8.42 Å². The third-order valence-electron chi connectivity index (χ3n) is 5.49. The second-order valence-electron chi connectivity index (χ2n) is 6.63. The van der Waals surface area contributed by atoms with Crippen molar-refractivity contribution in [1.82, 2.24) is 4.98 Å². The van der Waals surface area contributed by atoms with Crippen molar-refractivity contribution in [1.29, 1.82) is 0 Å². The molecule has 3 aromatic rings. The van der Waals surface area contributed by atoms with Crippen molar-refractivity contribution < 1.29 is 8.42 Å². The van der Waals surface area contributed by atoms with Crippen molar-refractivity contribution >= 4 is 20.6 Å². The Labute approximate surface area is 134 Å². The quantitative estimate of drug-likeness (QED) is 0.742. The highest BCUT2D eigenvalue weighted by Crippen LogP contribution is 2.83. The van der Waals surface area contributed by atoms with Gasteiger partial charge in [-0.15, -0.1) is 0 Å². The van der Waals surface area contributed by atoms with E-state index in [1.807, 2.05) is 30.3 Å². The van der Waals surface area contributed by atoms with Crippen molar-refractivity contribution in [2.24, 2.45) is 0 Å². The second-order valence-corrected chi connectivity index (χ2v) is 8.89. The van der Waals surface area contributed by atoms with E-state index in [2.05, 4.69) is 11.1 Å². The number of sulfone groups is 1. The van der Waals surface area contributed by atoms with Crippen LogP contribution in [0.3, 0.4) is 0 Å². The fourth-order valence-electron chi connectivity index (χ4n) is 3.99. The molecule has 114 valence electrons. The highest BCUT2D eigenvalue weighted by Gasteiger charge is 2.91. The molecule has 0 unspecified atom stereocenters. The summed E-state index contributed by atoms with van der Waals surface area (Å²) in [7, 11) is -3.31. The normalized spacial score (nSPS) is 28.3. The van der Waals surface area contributed by atoms with Gasteiger partial charge in [0.15, 0.2) is 9.84 Å². The molecular formula is C19H15NO2S. The zero-order chi connectivity index (χ0) is 15.7. The van der Waals surface area contributed by atoms with Crippen LogP contribution >= 0.6 is 0 Å². The molecule has 2 saturated carbocycles. The molecule has 0 saturated heterocycles. The minimum atomic E-state index is -3.31. The maximum absolute atomic E-state index is 13.0. The minimum Gasteiger partial charge on any atom is -0.260 e. The summed E-state index contributed by atoms with van der Waals surface area (Å²) in [4.78, 5) is 5.00. The van der Waals surface area contributed by atoms with E-state index in [0.29, 0.717) is 17.7 Å². The SMILES string of the molecule is O=S(=O)(c1ccccc1)C12CC1(c1nccc3ccccc13)C2. The lowest BCUT2D eigenvalue weighted by molar-refractivity contribution is 0.587. The van der Waals surface area contributed by atoms with E-state index in [9.17, 15) is 8.42 Å². The van der Waals surface area contributed by atoms with Gasteiger partial charge in [0, 0.05) is 17.0 Å². The summed E-state index contributed by atoms with van der Waals surface area (Å²) >= 11 is 0. The molecule has 2 aliphatic carbocycles. The van der Waals surface area contributed by atoms with E-state index in [1.165, 1.54) is 0 Å². The Morgan fingerprint density at radius 1 is 0.870 bits per heavy atom. The monoisotopic (exact) mass is 321 g/mol. The van der Waals surface area contributed by atoms with E-state index in [0.717, 1.165) is 16.5 Å². The standard InChI is InChI=1S/C19H15NO2S/c21-23(22,15-7-2-1-3-8-15)19-12-18(19,13-19)17-16-9-5-4-6-14(16)10-11-20-17/h1-11H,12-13H2. The summed E-state index contributed by atoms with van der Waals surface area (Å²) in [5, 5.41) is 2.20. The number of pyridine rings is 1. The highest BCUT2D eigenvalue weighted by atomic mass is 32.2.